The van der Waals surface area contributed by atoms with Crippen molar-refractivity contribution in [3.8, 4) is 0 Å². The average Bonchev–Trinajstić information content (AvgIpc) is 2.78. The van der Waals surface area contributed by atoms with E-state index in [2.05, 4.69) is 65.2 Å². The van der Waals surface area contributed by atoms with E-state index in [9.17, 15) is 4.79 Å². The van der Waals surface area contributed by atoms with Gasteiger partial charge >= 0.3 is 0 Å². The molecule has 0 unspecified atom stereocenters. The highest BCUT2D eigenvalue weighted by Gasteiger charge is 2.28. The molecule has 1 aliphatic rings. The molecule has 1 amide bonds. The van der Waals surface area contributed by atoms with E-state index in [1.165, 1.54) is 16.7 Å². The average molecular weight is 433 g/mol. The zero-order valence-corrected chi connectivity index (χ0v) is 19.1. The zero-order valence-electron chi connectivity index (χ0n) is 18.3. The minimum atomic E-state index is -0.0745. The third-order valence-corrected chi connectivity index (χ3v) is 6.74. The van der Waals surface area contributed by atoms with Gasteiger partial charge in [-0.2, -0.15) is 0 Å². The number of benzene rings is 2. The molecule has 0 spiro atoms. The third-order valence-electron chi connectivity index (χ3n) is 5.75. The van der Waals surface area contributed by atoms with Crippen LogP contribution in [0, 0.1) is 26.7 Å². The van der Waals surface area contributed by atoms with Crippen LogP contribution in [0.1, 0.15) is 29.5 Å². The van der Waals surface area contributed by atoms with Gasteiger partial charge < -0.3 is 10.2 Å². The largest absolute Gasteiger partial charge is 0.354 e. The molecule has 0 bridgehead atoms. The van der Waals surface area contributed by atoms with E-state index in [1.54, 1.807) is 24.2 Å². The van der Waals surface area contributed by atoms with Crippen molar-refractivity contribution < 1.29 is 4.79 Å². The summed E-state index contributed by atoms with van der Waals surface area (Å²) in [5, 5.41) is 3.98. The lowest BCUT2D eigenvalue weighted by Crippen LogP contribution is -2.41. The molecule has 160 valence electrons. The van der Waals surface area contributed by atoms with Crippen molar-refractivity contribution in [2.75, 3.05) is 23.3 Å². The Balaban J connectivity index is 1.47. The van der Waals surface area contributed by atoms with Gasteiger partial charge in [-0.25, -0.2) is 9.97 Å². The summed E-state index contributed by atoms with van der Waals surface area (Å²) in [4.78, 5) is 25.5. The molecule has 2 heterocycles. The van der Waals surface area contributed by atoms with Crippen molar-refractivity contribution in [2.45, 2.75) is 43.5 Å². The molecule has 3 aromatic rings. The molecular formula is C25H28N4OS. The normalized spacial score (nSPS) is 16.2. The Morgan fingerprint density at radius 2 is 1.81 bits per heavy atom. The van der Waals surface area contributed by atoms with Crippen molar-refractivity contribution >= 4 is 29.2 Å². The molecule has 31 heavy (non-hydrogen) atoms. The van der Waals surface area contributed by atoms with E-state index in [-0.39, 0.29) is 11.8 Å². The van der Waals surface area contributed by atoms with Gasteiger partial charge in [0.25, 0.3) is 0 Å². The van der Waals surface area contributed by atoms with E-state index >= 15 is 0 Å². The van der Waals surface area contributed by atoms with Crippen LogP contribution in [0.15, 0.2) is 64.8 Å². The Bertz CT molecular complexity index is 1070. The number of anilines is 2. The summed E-state index contributed by atoms with van der Waals surface area (Å²) >= 11 is 1.62. The second-order valence-electron chi connectivity index (χ2n) is 8.17. The molecule has 0 aliphatic carbocycles. The summed E-state index contributed by atoms with van der Waals surface area (Å²) in [6, 6.07) is 14.5. The molecule has 6 heteroatoms. The summed E-state index contributed by atoms with van der Waals surface area (Å²) in [5.41, 5.74) is 4.50. The fourth-order valence-electron chi connectivity index (χ4n) is 3.77. The second-order valence-corrected chi connectivity index (χ2v) is 9.24. The number of nitrogens with zero attached hydrogens (tertiary/aromatic N) is 3. The summed E-state index contributed by atoms with van der Waals surface area (Å²) in [7, 11) is 0. The number of carbonyl (C=O) groups excluding carboxylic acids is 1. The number of hydrogen-bond acceptors (Lipinski definition) is 5. The van der Waals surface area contributed by atoms with Gasteiger partial charge in [0.2, 0.25) is 5.91 Å². The lowest BCUT2D eigenvalue weighted by atomic mass is 9.97. The monoisotopic (exact) mass is 432 g/mol. The van der Waals surface area contributed by atoms with E-state index in [0.29, 0.717) is 6.54 Å². The van der Waals surface area contributed by atoms with Gasteiger partial charge in [0.15, 0.2) is 5.82 Å². The van der Waals surface area contributed by atoms with Crippen LogP contribution < -0.4 is 10.2 Å². The molecule has 0 radical (unpaired) electrons. The molecule has 2 aromatic carbocycles. The molecular weight excluding hydrogens is 404 g/mol. The quantitative estimate of drug-likeness (QED) is 0.584. The summed E-state index contributed by atoms with van der Waals surface area (Å²) in [6.45, 7) is 7.76. The summed E-state index contributed by atoms with van der Waals surface area (Å²) < 4.78 is 0. The van der Waals surface area contributed by atoms with Crippen LogP contribution in [0.4, 0.5) is 11.5 Å². The highest BCUT2D eigenvalue weighted by molar-refractivity contribution is 7.99. The standard InChI is InChI=1S/C25H28N4OS/c1-17-6-10-22(11-7-17)31-25-23(26-12-13-27-25)29-14-4-5-20(16-29)24(30)28-21-9-8-18(2)19(3)15-21/h6-13,15,20H,4-5,14,16H2,1-3H3,(H,28,30)/t20-/m1/s1. The topological polar surface area (TPSA) is 58.1 Å². The maximum Gasteiger partial charge on any atom is 0.229 e. The Morgan fingerprint density at radius 1 is 1.03 bits per heavy atom. The van der Waals surface area contributed by atoms with E-state index in [1.807, 2.05) is 18.2 Å². The molecule has 1 atom stereocenters. The first-order valence-corrected chi connectivity index (χ1v) is 11.5. The number of nitrogens with one attached hydrogen (secondary N) is 1. The molecule has 1 fully saturated rings. The van der Waals surface area contributed by atoms with E-state index in [0.717, 1.165) is 40.8 Å². The van der Waals surface area contributed by atoms with Gasteiger partial charge in [-0.1, -0.05) is 35.5 Å². The SMILES string of the molecule is Cc1ccc(Sc2nccnc2N2CCC[C@@H](C(=O)Nc3ccc(C)c(C)c3)C2)cc1. The van der Waals surface area contributed by atoms with Crippen LogP contribution >= 0.6 is 11.8 Å². The van der Waals surface area contributed by atoms with Crippen molar-refractivity contribution in [3.63, 3.8) is 0 Å². The van der Waals surface area contributed by atoms with Gasteiger partial charge in [0, 0.05) is 36.1 Å². The van der Waals surface area contributed by atoms with Gasteiger partial charge in [0.1, 0.15) is 5.03 Å². The van der Waals surface area contributed by atoms with Crippen molar-refractivity contribution in [1.82, 2.24) is 9.97 Å². The zero-order chi connectivity index (χ0) is 21.8. The lowest BCUT2D eigenvalue weighted by Gasteiger charge is -2.33. The first-order valence-electron chi connectivity index (χ1n) is 10.7. The fraction of sp³-hybridized carbons (Fsp3) is 0.320. The predicted octanol–water partition coefficient (Wildman–Crippen LogP) is 5.41. The van der Waals surface area contributed by atoms with Gasteiger partial charge in [-0.05, 0) is 69.0 Å². The van der Waals surface area contributed by atoms with Crippen LogP contribution in [0.25, 0.3) is 0 Å². The molecule has 5 nitrogen and oxygen atoms in total. The molecule has 1 saturated heterocycles. The highest BCUT2D eigenvalue weighted by atomic mass is 32.2. The Hall–Kier alpha value is -2.86. The Kier molecular flexibility index (Phi) is 6.56. The van der Waals surface area contributed by atoms with Crippen molar-refractivity contribution in [1.29, 1.82) is 0 Å². The minimum Gasteiger partial charge on any atom is -0.354 e. The third kappa shape index (κ3) is 5.25. The number of rotatable bonds is 5. The molecule has 1 aromatic heterocycles. The number of aromatic nitrogens is 2. The van der Waals surface area contributed by atoms with Crippen molar-refractivity contribution in [2.24, 2.45) is 5.92 Å². The number of amides is 1. The van der Waals surface area contributed by atoms with Gasteiger partial charge in [-0.3, -0.25) is 4.79 Å². The smallest absolute Gasteiger partial charge is 0.229 e. The number of piperidine rings is 1. The lowest BCUT2D eigenvalue weighted by molar-refractivity contribution is -0.120. The predicted molar refractivity (Wildman–Crippen MR) is 127 cm³/mol. The van der Waals surface area contributed by atoms with Crippen LogP contribution in [0.5, 0.6) is 0 Å². The van der Waals surface area contributed by atoms with Crippen LogP contribution in [0.2, 0.25) is 0 Å². The fourth-order valence-corrected chi connectivity index (χ4v) is 4.65. The van der Waals surface area contributed by atoms with Crippen LogP contribution in [-0.4, -0.2) is 29.0 Å². The maximum absolute atomic E-state index is 13.0. The van der Waals surface area contributed by atoms with Gasteiger partial charge in [-0.15, -0.1) is 0 Å². The molecule has 1 N–H and O–H groups in total. The first kappa shape index (κ1) is 21.4. The van der Waals surface area contributed by atoms with Crippen LogP contribution in [0.3, 0.4) is 0 Å². The number of hydrogen-bond donors (Lipinski definition) is 1. The Morgan fingerprint density at radius 3 is 2.58 bits per heavy atom. The van der Waals surface area contributed by atoms with Crippen molar-refractivity contribution in [3.05, 3.63) is 71.5 Å². The summed E-state index contributed by atoms with van der Waals surface area (Å²) in [6.07, 6.45) is 5.30. The number of carbonyl (C=O) groups is 1. The second kappa shape index (κ2) is 9.52. The highest BCUT2D eigenvalue weighted by Crippen LogP contribution is 2.34. The molecule has 1 aliphatic heterocycles. The van der Waals surface area contributed by atoms with Crippen LogP contribution in [-0.2, 0) is 4.79 Å². The summed E-state index contributed by atoms with van der Waals surface area (Å²) in [5.74, 6) is 0.857. The molecule has 0 saturated carbocycles. The first-order chi connectivity index (χ1) is 15.0. The molecule has 4 rings (SSSR count). The number of aryl methyl sites for hydroxylation is 3. The minimum absolute atomic E-state index is 0.0737. The maximum atomic E-state index is 13.0. The Labute approximate surface area is 188 Å². The van der Waals surface area contributed by atoms with Gasteiger partial charge in [0.05, 0.1) is 5.92 Å². The van der Waals surface area contributed by atoms with E-state index in [4.69, 9.17) is 0 Å². The van der Waals surface area contributed by atoms with E-state index < -0.39 is 0 Å².